The van der Waals surface area contributed by atoms with Crippen LogP contribution < -0.4 is 31.2 Å². The lowest BCUT2D eigenvalue weighted by Gasteiger charge is -2.32. The van der Waals surface area contributed by atoms with Gasteiger partial charge in [0, 0.05) is 5.39 Å². The fourth-order valence-electron chi connectivity index (χ4n) is 4.43. The number of nitrogen functional groups attached to an aromatic ring is 1. The van der Waals surface area contributed by atoms with E-state index in [2.05, 4.69) is 9.69 Å². The van der Waals surface area contributed by atoms with Crippen LogP contribution in [-0.4, -0.2) is 55.4 Å². The Morgan fingerprint density at radius 3 is 2.38 bits per heavy atom. The van der Waals surface area contributed by atoms with Gasteiger partial charge in [-0.25, -0.2) is 0 Å². The van der Waals surface area contributed by atoms with E-state index >= 15 is 0 Å². The molecule has 3 aromatic carbocycles. The van der Waals surface area contributed by atoms with Crippen molar-refractivity contribution in [2.45, 2.75) is 13.0 Å². The maximum Gasteiger partial charge on any atom is 0.325 e. The molecule has 0 unspecified atom stereocenters. The highest BCUT2D eigenvalue weighted by molar-refractivity contribution is 7.09. The number of rotatable bonds is 11. The number of hydrogen-bond acceptors (Lipinski definition) is 10. The Bertz CT molecular complexity index is 1650. The zero-order valence-corrected chi connectivity index (χ0v) is 23.9. The molecule has 13 heteroatoms. The molecular weight excluding hydrogens is 562 g/mol. The number of benzene rings is 3. The minimum Gasteiger partial charge on any atom is -0.493 e. The molecule has 0 aliphatic rings. The molecular formula is C29H29N5O7S. The van der Waals surface area contributed by atoms with Crippen LogP contribution in [0, 0.1) is 0 Å². The summed E-state index contributed by atoms with van der Waals surface area (Å²) >= 11 is 0.686. The maximum absolute atomic E-state index is 14.4. The quantitative estimate of drug-likeness (QED) is 0.221. The van der Waals surface area contributed by atoms with E-state index in [1.807, 2.05) is 18.2 Å². The van der Waals surface area contributed by atoms with Gasteiger partial charge in [0.05, 0.1) is 32.2 Å². The number of methoxy groups -OCH3 is 2. The van der Waals surface area contributed by atoms with Crippen LogP contribution in [-0.2, 0) is 14.3 Å². The number of hydrogen-bond donors (Lipinski definition) is 3. The monoisotopic (exact) mass is 591 g/mol. The van der Waals surface area contributed by atoms with E-state index in [1.54, 1.807) is 49.4 Å². The van der Waals surface area contributed by atoms with Gasteiger partial charge in [-0.05, 0) is 47.6 Å². The molecule has 0 saturated carbocycles. The van der Waals surface area contributed by atoms with Crippen LogP contribution in [0.25, 0.3) is 10.8 Å². The average Bonchev–Trinajstić information content (AvgIpc) is 3.39. The molecule has 42 heavy (non-hydrogen) atoms. The van der Waals surface area contributed by atoms with Crippen LogP contribution in [0.4, 0.5) is 11.4 Å². The van der Waals surface area contributed by atoms with E-state index in [4.69, 9.17) is 25.7 Å². The van der Waals surface area contributed by atoms with Gasteiger partial charge in [0.1, 0.15) is 17.5 Å². The van der Waals surface area contributed by atoms with Crippen molar-refractivity contribution in [3.63, 3.8) is 0 Å². The molecule has 0 bridgehead atoms. The maximum atomic E-state index is 14.4. The van der Waals surface area contributed by atoms with Crippen molar-refractivity contribution >= 4 is 57.4 Å². The largest absolute Gasteiger partial charge is 0.493 e. The number of amides is 3. The first-order valence-corrected chi connectivity index (χ1v) is 13.5. The Balaban J connectivity index is 1.97. The first kappa shape index (κ1) is 29.8. The van der Waals surface area contributed by atoms with Crippen molar-refractivity contribution in [3.8, 4) is 11.5 Å². The van der Waals surface area contributed by atoms with Gasteiger partial charge in [0.25, 0.3) is 11.8 Å². The van der Waals surface area contributed by atoms with Crippen molar-refractivity contribution < 1.29 is 33.4 Å². The highest BCUT2D eigenvalue weighted by atomic mass is 32.1. The summed E-state index contributed by atoms with van der Waals surface area (Å²) in [6.07, 6.45) is 0. The number of carbonyl (C=O) groups excluding carboxylic acids is 4. The summed E-state index contributed by atoms with van der Waals surface area (Å²) in [4.78, 5) is 53.6. The molecule has 0 aliphatic carbocycles. The summed E-state index contributed by atoms with van der Waals surface area (Å²) < 4.78 is 19.8. The zero-order chi connectivity index (χ0) is 30.4. The number of esters is 1. The average molecular weight is 592 g/mol. The lowest BCUT2D eigenvalue weighted by Crippen LogP contribution is -2.45. The predicted octanol–water partition coefficient (Wildman–Crippen LogP) is 3.06. The first-order chi connectivity index (χ1) is 20.2. The Labute approximate surface area is 245 Å². The van der Waals surface area contributed by atoms with Crippen LogP contribution in [0.5, 0.6) is 11.5 Å². The normalized spacial score (nSPS) is 11.4. The number of carbonyl (C=O) groups is 4. The number of aromatic nitrogens is 1. The van der Waals surface area contributed by atoms with Crippen molar-refractivity contribution in [3.05, 3.63) is 76.8 Å². The SMILES string of the molecule is CCOC(=O)CNC(=O)[C@@H](c1ccc(OC)c(OC)c1)N(C(=O)c1snc(C(N)=O)c1N)c1cccc2ccccc12. The highest BCUT2D eigenvalue weighted by Crippen LogP contribution is 2.39. The fraction of sp³-hybridized carbons (Fsp3) is 0.207. The number of anilines is 2. The van der Waals surface area contributed by atoms with E-state index in [-0.39, 0.29) is 22.9 Å². The first-order valence-electron chi connectivity index (χ1n) is 12.7. The number of fused-ring (bicyclic) bond motifs is 1. The smallest absolute Gasteiger partial charge is 0.325 e. The molecule has 0 saturated heterocycles. The van der Waals surface area contributed by atoms with Crippen LogP contribution >= 0.6 is 11.5 Å². The van der Waals surface area contributed by atoms with Crippen molar-refractivity contribution in [2.75, 3.05) is 38.0 Å². The van der Waals surface area contributed by atoms with E-state index in [0.717, 1.165) is 5.39 Å². The zero-order valence-electron chi connectivity index (χ0n) is 23.1. The third-order valence-electron chi connectivity index (χ3n) is 6.34. The number of nitrogens with one attached hydrogen (secondary N) is 1. The van der Waals surface area contributed by atoms with Crippen molar-refractivity contribution in [1.29, 1.82) is 0 Å². The van der Waals surface area contributed by atoms with Gasteiger partial charge < -0.3 is 31.0 Å². The number of nitrogens with zero attached hydrogens (tertiary/aromatic N) is 2. The Hall–Kier alpha value is -5.17. The molecule has 12 nitrogen and oxygen atoms in total. The van der Waals surface area contributed by atoms with Crippen LogP contribution in [0.15, 0.2) is 60.7 Å². The van der Waals surface area contributed by atoms with Crippen molar-refractivity contribution in [2.24, 2.45) is 5.73 Å². The minimum absolute atomic E-state index is 0.0968. The Morgan fingerprint density at radius 1 is 1.00 bits per heavy atom. The molecule has 4 rings (SSSR count). The Morgan fingerprint density at radius 2 is 1.71 bits per heavy atom. The molecule has 0 aliphatic heterocycles. The van der Waals surface area contributed by atoms with Gasteiger partial charge in [-0.2, -0.15) is 4.37 Å². The molecule has 4 aromatic rings. The molecule has 0 radical (unpaired) electrons. The summed E-state index contributed by atoms with van der Waals surface area (Å²) in [5.41, 5.74) is 11.8. The second-order valence-corrected chi connectivity index (χ2v) is 9.62. The van der Waals surface area contributed by atoms with E-state index in [0.29, 0.717) is 39.7 Å². The predicted molar refractivity (Wildman–Crippen MR) is 158 cm³/mol. The van der Waals surface area contributed by atoms with Crippen LogP contribution in [0.2, 0.25) is 0 Å². The van der Waals surface area contributed by atoms with Gasteiger partial charge in [0.15, 0.2) is 17.2 Å². The fourth-order valence-corrected chi connectivity index (χ4v) is 5.17. The van der Waals surface area contributed by atoms with E-state index in [9.17, 15) is 19.2 Å². The van der Waals surface area contributed by atoms with E-state index in [1.165, 1.54) is 19.1 Å². The summed E-state index contributed by atoms with van der Waals surface area (Å²) in [5.74, 6) is -2.28. The molecule has 3 amide bonds. The summed E-state index contributed by atoms with van der Waals surface area (Å²) in [7, 11) is 2.91. The lowest BCUT2D eigenvalue weighted by atomic mass is 9.99. The molecule has 1 aromatic heterocycles. The highest BCUT2D eigenvalue weighted by Gasteiger charge is 2.37. The van der Waals surface area contributed by atoms with E-state index < -0.39 is 36.3 Å². The number of primary amides is 1. The summed E-state index contributed by atoms with van der Waals surface area (Å²) in [5, 5.41) is 4.02. The van der Waals surface area contributed by atoms with Gasteiger partial charge >= 0.3 is 5.97 Å². The number of nitrogens with two attached hydrogens (primary N) is 2. The third-order valence-corrected chi connectivity index (χ3v) is 7.19. The van der Waals surface area contributed by atoms with Crippen molar-refractivity contribution in [1.82, 2.24) is 9.69 Å². The molecule has 0 fully saturated rings. The van der Waals surface area contributed by atoms with Gasteiger partial charge in [0.2, 0.25) is 5.91 Å². The van der Waals surface area contributed by atoms with Crippen LogP contribution in [0.3, 0.4) is 0 Å². The minimum atomic E-state index is -1.36. The summed E-state index contributed by atoms with van der Waals surface area (Å²) in [6.45, 7) is 1.33. The topological polar surface area (TPSA) is 176 Å². The second-order valence-electron chi connectivity index (χ2n) is 8.85. The summed E-state index contributed by atoms with van der Waals surface area (Å²) in [6, 6.07) is 16.0. The van der Waals surface area contributed by atoms with Crippen LogP contribution in [0.1, 0.15) is 38.7 Å². The molecule has 1 atom stereocenters. The second kappa shape index (κ2) is 13.0. The molecule has 0 spiro atoms. The Kier molecular flexibility index (Phi) is 9.22. The standard InChI is InChI=1S/C29H29N5O7S/c1-4-41-22(35)15-32-28(37)25(17-12-13-20(39-2)21(14-17)40-3)34(19-11-7-9-16-8-5-6-10-18(16)19)29(38)26-23(30)24(27(31)36)33-42-26/h5-14,25H,4,15,30H2,1-3H3,(H2,31,36)(H,32,37)/t25-/m1/s1. The number of ether oxygens (including phenoxy) is 3. The lowest BCUT2D eigenvalue weighted by molar-refractivity contribution is -0.143. The molecule has 1 heterocycles. The van der Waals surface area contributed by atoms with Gasteiger partial charge in [-0.3, -0.25) is 24.1 Å². The third kappa shape index (κ3) is 5.95. The van der Waals surface area contributed by atoms with Gasteiger partial charge in [-0.1, -0.05) is 42.5 Å². The molecule has 5 N–H and O–H groups in total. The molecule has 218 valence electrons. The van der Waals surface area contributed by atoms with Gasteiger partial charge in [-0.15, -0.1) is 0 Å².